The first-order valence-electron chi connectivity index (χ1n) is 5.72. The average molecular weight is 204 g/mol. The summed E-state index contributed by atoms with van der Waals surface area (Å²) in [5.74, 6) is 0.461. The van der Waals surface area contributed by atoms with Crippen LogP contribution in [-0.4, -0.2) is 18.6 Å². The molecule has 1 aromatic carbocycles. The van der Waals surface area contributed by atoms with Crippen LogP contribution in [0.15, 0.2) is 24.3 Å². The van der Waals surface area contributed by atoms with E-state index in [2.05, 4.69) is 43.4 Å². The van der Waals surface area contributed by atoms with Crippen molar-refractivity contribution in [1.82, 2.24) is 5.32 Å². The molecule has 1 saturated heterocycles. The van der Waals surface area contributed by atoms with Crippen molar-refractivity contribution in [2.75, 3.05) is 13.1 Å². The van der Waals surface area contributed by atoms with E-state index in [1.165, 1.54) is 11.1 Å². The molecule has 2 rings (SSSR count). The molecule has 2 heteroatoms. The Morgan fingerprint density at radius 1 is 1.40 bits per heavy atom. The highest BCUT2D eigenvalue weighted by atomic mass is 15.0. The third-order valence-electron chi connectivity index (χ3n) is 3.63. The van der Waals surface area contributed by atoms with E-state index in [4.69, 9.17) is 5.73 Å². The second-order valence-corrected chi connectivity index (χ2v) is 4.68. The first-order chi connectivity index (χ1) is 7.15. The summed E-state index contributed by atoms with van der Waals surface area (Å²) in [6, 6.07) is 8.77. The van der Waals surface area contributed by atoms with Crippen molar-refractivity contribution in [2.24, 2.45) is 5.73 Å². The third kappa shape index (κ3) is 1.92. The highest BCUT2D eigenvalue weighted by Crippen LogP contribution is 2.32. The largest absolute Gasteiger partial charge is 0.323 e. The van der Waals surface area contributed by atoms with Crippen molar-refractivity contribution in [1.29, 1.82) is 0 Å². The van der Waals surface area contributed by atoms with Crippen LogP contribution in [-0.2, 0) is 0 Å². The van der Waals surface area contributed by atoms with Crippen LogP contribution in [0.1, 0.15) is 30.4 Å². The average Bonchev–Trinajstić information content (AvgIpc) is 2.63. The predicted molar refractivity (Wildman–Crippen MR) is 64.0 cm³/mol. The monoisotopic (exact) mass is 204 g/mol. The maximum absolute atomic E-state index is 6.41. The molecule has 1 heterocycles. The quantitative estimate of drug-likeness (QED) is 0.771. The number of rotatable bonds is 2. The Morgan fingerprint density at radius 2 is 2.07 bits per heavy atom. The van der Waals surface area contributed by atoms with E-state index in [1.54, 1.807) is 0 Å². The summed E-state index contributed by atoms with van der Waals surface area (Å²) in [6.45, 7) is 6.23. The summed E-state index contributed by atoms with van der Waals surface area (Å²) in [5.41, 5.74) is 9.03. The van der Waals surface area contributed by atoms with Crippen molar-refractivity contribution >= 4 is 0 Å². The van der Waals surface area contributed by atoms with E-state index >= 15 is 0 Å². The lowest BCUT2D eigenvalue weighted by Gasteiger charge is -2.29. The zero-order valence-corrected chi connectivity index (χ0v) is 9.59. The van der Waals surface area contributed by atoms with Gasteiger partial charge in [0.1, 0.15) is 0 Å². The summed E-state index contributed by atoms with van der Waals surface area (Å²) >= 11 is 0. The lowest BCUT2D eigenvalue weighted by molar-refractivity contribution is 0.405. The lowest BCUT2D eigenvalue weighted by atomic mass is 9.81. The SMILES string of the molecule is CCC1(N)CNCC1c1ccc(C)cc1. The van der Waals surface area contributed by atoms with Gasteiger partial charge in [0.15, 0.2) is 0 Å². The Labute approximate surface area is 91.9 Å². The van der Waals surface area contributed by atoms with Crippen LogP contribution >= 0.6 is 0 Å². The zero-order chi connectivity index (χ0) is 10.9. The number of nitrogens with two attached hydrogens (primary N) is 1. The van der Waals surface area contributed by atoms with Crippen LogP contribution in [0, 0.1) is 6.92 Å². The molecule has 3 N–H and O–H groups in total. The minimum atomic E-state index is -0.0603. The smallest absolute Gasteiger partial charge is 0.0359 e. The van der Waals surface area contributed by atoms with Gasteiger partial charge >= 0.3 is 0 Å². The first kappa shape index (κ1) is 10.7. The van der Waals surface area contributed by atoms with Gasteiger partial charge in [-0.25, -0.2) is 0 Å². The fourth-order valence-electron chi connectivity index (χ4n) is 2.40. The van der Waals surface area contributed by atoms with Gasteiger partial charge in [0, 0.05) is 24.5 Å². The van der Waals surface area contributed by atoms with Gasteiger partial charge in [0.2, 0.25) is 0 Å². The van der Waals surface area contributed by atoms with Crippen LogP contribution < -0.4 is 11.1 Å². The van der Waals surface area contributed by atoms with E-state index in [0.717, 1.165) is 19.5 Å². The van der Waals surface area contributed by atoms with Gasteiger partial charge in [0.25, 0.3) is 0 Å². The van der Waals surface area contributed by atoms with Crippen molar-refractivity contribution in [3.05, 3.63) is 35.4 Å². The van der Waals surface area contributed by atoms with Crippen molar-refractivity contribution in [3.63, 3.8) is 0 Å². The van der Waals surface area contributed by atoms with Gasteiger partial charge < -0.3 is 11.1 Å². The number of nitrogens with one attached hydrogen (secondary N) is 1. The Hall–Kier alpha value is -0.860. The summed E-state index contributed by atoms with van der Waals surface area (Å²) in [7, 11) is 0. The molecule has 2 atom stereocenters. The molecule has 1 aromatic rings. The number of aryl methyl sites for hydroxylation is 1. The summed E-state index contributed by atoms with van der Waals surface area (Å²) in [5, 5.41) is 3.40. The Kier molecular flexibility index (Phi) is 2.81. The molecule has 0 bridgehead atoms. The maximum Gasteiger partial charge on any atom is 0.0359 e. The molecule has 2 nitrogen and oxygen atoms in total. The molecule has 2 unspecified atom stereocenters. The second-order valence-electron chi connectivity index (χ2n) is 4.68. The fraction of sp³-hybridized carbons (Fsp3) is 0.538. The maximum atomic E-state index is 6.41. The lowest BCUT2D eigenvalue weighted by Crippen LogP contribution is -2.45. The molecule has 82 valence electrons. The standard InChI is InChI=1S/C13H20N2/c1-3-13(14)9-15-8-12(13)11-6-4-10(2)5-7-11/h4-7,12,15H,3,8-9,14H2,1-2H3. The third-order valence-corrected chi connectivity index (χ3v) is 3.63. The predicted octanol–water partition coefficient (Wildman–Crippen LogP) is 1.79. The van der Waals surface area contributed by atoms with Gasteiger partial charge in [0.05, 0.1) is 0 Å². The van der Waals surface area contributed by atoms with E-state index in [-0.39, 0.29) is 5.54 Å². The zero-order valence-electron chi connectivity index (χ0n) is 9.59. The Bertz CT molecular complexity index is 331. The van der Waals surface area contributed by atoms with Crippen molar-refractivity contribution in [2.45, 2.75) is 31.7 Å². The molecule has 15 heavy (non-hydrogen) atoms. The first-order valence-corrected chi connectivity index (χ1v) is 5.72. The van der Waals surface area contributed by atoms with Gasteiger partial charge in [-0.05, 0) is 18.9 Å². The molecule has 1 fully saturated rings. The number of hydrogen-bond acceptors (Lipinski definition) is 2. The molecule has 1 aliphatic heterocycles. The second kappa shape index (κ2) is 3.95. The van der Waals surface area contributed by atoms with Crippen LogP contribution in [0.3, 0.4) is 0 Å². The van der Waals surface area contributed by atoms with Crippen LogP contribution in [0.25, 0.3) is 0 Å². The molecule has 0 amide bonds. The Balaban J connectivity index is 2.27. The van der Waals surface area contributed by atoms with Crippen LogP contribution in [0.5, 0.6) is 0 Å². The van der Waals surface area contributed by atoms with Crippen molar-refractivity contribution < 1.29 is 0 Å². The Morgan fingerprint density at radius 3 is 2.67 bits per heavy atom. The highest BCUT2D eigenvalue weighted by Gasteiger charge is 2.38. The van der Waals surface area contributed by atoms with Gasteiger partial charge in [-0.3, -0.25) is 0 Å². The van der Waals surface area contributed by atoms with E-state index in [1.807, 2.05) is 0 Å². The minimum Gasteiger partial charge on any atom is -0.323 e. The topological polar surface area (TPSA) is 38.0 Å². The summed E-state index contributed by atoms with van der Waals surface area (Å²) in [6.07, 6.45) is 1.03. The molecule has 0 aromatic heterocycles. The minimum absolute atomic E-state index is 0.0603. The molecule has 0 saturated carbocycles. The molecular formula is C13H20N2. The number of benzene rings is 1. The van der Waals surface area contributed by atoms with Crippen LogP contribution in [0.2, 0.25) is 0 Å². The van der Waals surface area contributed by atoms with Crippen molar-refractivity contribution in [3.8, 4) is 0 Å². The van der Waals surface area contributed by atoms with Gasteiger partial charge in [-0.15, -0.1) is 0 Å². The van der Waals surface area contributed by atoms with Gasteiger partial charge in [-0.1, -0.05) is 36.8 Å². The van der Waals surface area contributed by atoms with E-state index < -0.39 is 0 Å². The molecule has 0 aliphatic carbocycles. The summed E-state index contributed by atoms with van der Waals surface area (Å²) in [4.78, 5) is 0. The molecule has 1 aliphatic rings. The number of hydrogen-bond donors (Lipinski definition) is 2. The molecular weight excluding hydrogens is 184 g/mol. The normalized spacial score (nSPS) is 30.7. The van der Waals surface area contributed by atoms with Crippen LogP contribution in [0.4, 0.5) is 0 Å². The highest BCUT2D eigenvalue weighted by molar-refractivity contribution is 5.29. The molecule has 0 spiro atoms. The molecule has 0 radical (unpaired) electrons. The fourth-order valence-corrected chi connectivity index (χ4v) is 2.40. The van der Waals surface area contributed by atoms with E-state index in [0.29, 0.717) is 5.92 Å². The van der Waals surface area contributed by atoms with Gasteiger partial charge in [-0.2, -0.15) is 0 Å². The summed E-state index contributed by atoms with van der Waals surface area (Å²) < 4.78 is 0. The van der Waals surface area contributed by atoms with E-state index in [9.17, 15) is 0 Å².